The predicted molar refractivity (Wildman–Crippen MR) is 123 cm³/mol. The summed E-state index contributed by atoms with van der Waals surface area (Å²) in [6.45, 7) is 4.60. The molecule has 0 aromatic heterocycles. The van der Waals surface area contributed by atoms with E-state index >= 15 is 0 Å². The van der Waals surface area contributed by atoms with Crippen LogP contribution in [0.1, 0.15) is 39.9 Å². The number of guanidine groups is 1. The third-order valence-corrected chi connectivity index (χ3v) is 5.22. The molecule has 1 fully saturated rings. The molecule has 1 aliphatic rings. The Bertz CT molecular complexity index is 907. The Balaban J connectivity index is 1.56. The lowest BCUT2D eigenvalue weighted by molar-refractivity contribution is 0.0676. The molecule has 0 saturated carbocycles. The lowest BCUT2D eigenvalue weighted by Gasteiger charge is -2.17. The SMILES string of the molecule is CN=C(NCc1cccc(C(=O)NC)c1)NCc1ccc(C)cc1OCC1CCCO1. The maximum Gasteiger partial charge on any atom is 0.251 e. The first kappa shape index (κ1) is 22.6. The maximum absolute atomic E-state index is 11.8. The molecular weight excluding hydrogens is 392 g/mol. The zero-order valence-corrected chi connectivity index (χ0v) is 18.5. The summed E-state index contributed by atoms with van der Waals surface area (Å²) in [5.41, 5.74) is 3.86. The van der Waals surface area contributed by atoms with Crippen molar-refractivity contribution < 1.29 is 14.3 Å². The largest absolute Gasteiger partial charge is 0.491 e. The molecule has 1 saturated heterocycles. The number of nitrogens with zero attached hydrogens (tertiary/aromatic N) is 1. The number of aryl methyl sites for hydroxylation is 1. The topological polar surface area (TPSA) is 84.0 Å². The van der Waals surface area contributed by atoms with Gasteiger partial charge in [-0.1, -0.05) is 24.3 Å². The summed E-state index contributed by atoms with van der Waals surface area (Å²) >= 11 is 0. The molecule has 2 aromatic rings. The normalized spacial score (nSPS) is 16.1. The minimum Gasteiger partial charge on any atom is -0.491 e. The van der Waals surface area contributed by atoms with E-state index in [0.717, 1.165) is 41.9 Å². The maximum atomic E-state index is 11.8. The molecule has 7 heteroatoms. The van der Waals surface area contributed by atoms with Gasteiger partial charge in [0.15, 0.2) is 5.96 Å². The molecule has 1 aliphatic heterocycles. The second-order valence-electron chi connectivity index (χ2n) is 7.62. The number of ether oxygens (including phenoxy) is 2. The number of hydrogen-bond donors (Lipinski definition) is 3. The lowest BCUT2D eigenvalue weighted by Crippen LogP contribution is -2.36. The van der Waals surface area contributed by atoms with Crippen LogP contribution in [-0.4, -0.2) is 45.3 Å². The van der Waals surface area contributed by atoms with Crippen molar-refractivity contribution in [3.8, 4) is 5.75 Å². The molecule has 1 heterocycles. The van der Waals surface area contributed by atoms with Crippen molar-refractivity contribution in [2.45, 2.75) is 39.0 Å². The van der Waals surface area contributed by atoms with E-state index in [2.05, 4.69) is 46.1 Å². The molecule has 0 bridgehead atoms. The van der Waals surface area contributed by atoms with E-state index in [-0.39, 0.29) is 12.0 Å². The Kier molecular flexibility index (Phi) is 8.29. The predicted octanol–water partition coefficient (Wildman–Crippen LogP) is 2.78. The highest BCUT2D eigenvalue weighted by atomic mass is 16.5. The molecule has 0 spiro atoms. The molecule has 2 aromatic carbocycles. The molecule has 166 valence electrons. The average Bonchev–Trinajstić information content (AvgIpc) is 3.32. The van der Waals surface area contributed by atoms with Crippen molar-refractivity contribution in [3.05, 3.63) is 64.7 Å². The Hall–Kier alpha value is -3.06. The van der Waals surface area contributed by atoms with Gasteiger partial charge in [-0.15, -0.1) is 0 Å². The van der Waals surface area contributed by atoms with E-state index in [1.54, 1.807) is 20.2 Å². The van der Waals surface area contributed by atoms with Crippen molar-refractivity contribution in [2.24, 2.45) is 4.99 Å². The number of carbonyl (C=O) groups is 1. The molecule has 0 aliphatic carbocycles. The van der Waals surface area contributed by atoms with Gasteiger partial charge in [0, 0.05) is 44.9 Å². The summed E-state index contributed by atoms with van der Waals surface area (Å²) in [5, 5.41) is 9.28. The summed E-state index contributed by atoms with van der Waals surface area (Å²) in [7, 11) is 3.36. The van der Waals surface area contributed by atoms with Gasteiger partial charge in [0.25, 0.3) is 5.91 Å². The van der Waals surface area contributed by atoms with Gasteiger partial charge in [-0.2, -0.15) is 0 Å². The minimum absolute atomic E-state index is 0.0979. The number of carbonyl (C=O) groups excluding carboxylic acids is 1. The van der Waals surface area contributed by atoms with Crippen LogP contribution >= 0.6 is 0 Å². The molecule has 31 heavy (non-hydrogen) atoms. The van der Waals surface area contributed by atoms with Crippen LogP contribution in [0, 0.1) is 6.92 Å². The second kappa shape index (κ2) is 11.4. The Morgan fingerprint density at radius 2 is 2.03 bits per heavy atom. The summed E-state index contributed by atoms with van der Waals surface area (Å²) in [5.74, 6) is 1.45. The van der Waals surface area contributed by atoms with Crippen LogP contribution < -0.4 is 20.7 Å². The third-order valence-electron chi connectivity index (χ3n) is 5.22. The van der Waals surface area contributed by atoms with Gasteiger partial charge in [-0.25, -0.2) is 0 Å². The van der Waals surface area contributed by atoms with E-state index in [0.29, 0.717) is 31.2 Å². The Morgan fingerprint density at radius 3 is 2.77 bits per heavy atom. The van der Waals surface area contributed by atoms with Gasteiger partial charge < -0.3 is 25.4 Å². The molecule has 1 unspecified atom stereocenters. The van der Waals surface area contributed by atoms with Crippen molar-refractivity contribution in [2.75, 3.05) is 27.3 Å². The number of benzene rings is 2. The highest BCUT2D eigenvalue weighted by molar-refractivity contribution is 5.94. The fourth-order valence-electron chi connectivity index (χ4n) is 3.45. The number of aliphatic imine (C=N–C) groups is 1. The molecule has 7 nitrogen and oxygen atoms in total. The van der Waals surface area contributed by atoms with Gasteiger partial charge >= 0.3 is 0 Å². The van der Waals surface area contributed by atoms with Crippen LogP contribution in [0.3, 0.4) is 0 Å². The summed E-state index contributed by atoms with van der Waals surface area (Å²) in [6, 6.07) is 13.7. The molecule has 3 rings (SSSR count). The van der Waals surface area contributed by atoms with Crippen LogP contribution in [0.25, 0.3) is 0 Å². The average molecular weight is 425 g/mol. The van der Waals surface area contributed by atoms with Crippen molar-refractivity contribution in [1.82, 2.24) is 16.0 Å². The van der Waals surface area contributed by atoms with Crippen LogP contribution in [0.4, 0.5) is 0 Å². The van der Waals surface area contributed by atoms with Gasteiger partial charge in [-0.05, 0) is 49.1 Å². The molecule has 3 N–H and O–H groups in total. The first-order valence-corrected chi connectivity index (χ1v) is 10.7. The highest BCUT2D eigenvalue weighted by Gasteiger charge is 2.17. The van der Waals surface area contributed by atoms with Crippen molar-refractivity contribution in [3.63, 3.8) is 0 Å². The van der Waals surface area contributed by atoms with Crippen molar-refractivity contribution in [1.29, 1.82) is 0 Å². The summed E-state index contributed by atoms with van der Waals surface area (Å²) in [6.07, 6.45) is 2.34. The van der Waals surface area contributed by atoms with Gasteiger partial charge in [0.1, 0.15) is 12.4 Å². The fraction of sp³-hybridized carbons (Fsp3) is 0.417. The van der Waals surface area contributed by atoms with E-state index in [1.165, 1.54) is 0 Å². The lowest BCUT2D eigenvalue weighted by atomic mass is 10.1. The highest BCUT2D eigenvalue weighted by Crippen LogP contribution is 2.22. The number of rotatable bonds is 8. The van der Waals surface area contributed by atoms with E-state index in [9.17, 15) is 4.79 Å². The van der Waals surface area contributed by atoms with Crippen LogP contribution in [-0.2, 0) is 17.8 Å². The monoisotopic (exact) mass is 424 g/mol. The van der Waals surface area contributed by atoms with E-state index < -0.39 is 0 Å². The fourth-order valence-corrected chi connectivity index (χ4v) is 3.45. The first-order valence-electron chi connectivity index (χ1n) is 10.7. The number of hydrogen-bond acceptors (Lipinski definition) is 4. The van der Waals surface area contributed by atoms with Gasteiger partial charge in [0.2, 0.25) is 0 Å². The van der Waals surface area contributed by atoms with Gasteiger partial charge in [0.05, 0.1) is 6.10 Å². The summed E-state index contributed by atoms with van der Waals surface area (Å²) in [4.78, 5) is 16.1. The minimum atomic E-state index is -0.0979. The third kappa shape index (κ3) is 6.72. The summed E-state index contributed by atoms with van der Waals surface area (Å²) < 4.78 is 11.8. The number of amides is 1. The number of nitrogens with one attached hydrogen (secondary N) is 3. The van der Waals surface area contributed by atoms with Crippen LogP contribution in [0.15, 0.2) is 47.5 Å². The Labute approximate surface area is 184 Å². The smallest absolute Gasteiger partial charge is 0.251 e. The molecule has 1 atom stereocenters. The standard InChI is InChI=1S/C24H32N4O3/c1-17-9-10-20(22(12-17)31-16-21-8-5-11-30-21)15-28-24(26-3)27-14-18-6-4-7-19(13-18)23(29)25-2/h4,6-7,9-10,12-13,21H,5,8,11,14-16H2,1-3H3,(H,25,29)(H2,26,27,28). The molecule has 0 radical (unpaired) electrons. The van der Waals surface area contributed by atoms with E-state index in [1.807, 2.05) is 18.2 Å². The first-order chi connectivity index (χ1) is 15.1. The molecule has 1 amide bonds. The van der Waals surface area contributed by atoms with Crippen LogP contribution in [0.2, 0.25) is 0 Å². The van der Waals surface area contributed by atoms with Crippen molar-refractivity contribution >= 4 is 11.9 Å². The van der Waals surface area contributed by atoms with Gasteiger partial charge in [-0.3, -0.25) is 9.79 Å². The second-order valence-corrected chi connectivity index (χ2v) is 7.62. The van der Waals surface area contributed by atoms with Crippen LogP contribution in [0.5, 0.6) is 5.75 Å². The van der Waals surface area contributed by atoms with E-state index in [4.69, 9.17) is 9.47 Å². The zero-order chi connectivity index (χ0) is 22.1. The quantitative estimate of drug-likeness (QED) is 0.448. The zero-order valence-electron chi connectivity index (χ0n) is 18.5. The molecular formula is C24H32N4O3. The Morgan fingerprint density at radius 1 is 1.19 bits per heavy atom.